The number of imidazole rings is 1. The van der Waals surface area contributed by atoms with Crippen LogP contribution in [0, 0.1) is 6.92 Å². The SMILES string of the molecule is Cc1ccc(-c2cc(C(C)(C)C)c3nc(C(=O)N4CCN(C(=O)c5ccccn5)CC4(C)C)cn3n2)cc1. The summed E-state index contributed by atoms with van der Waals surface area (Å²) in [6.07, 6.45) is 3.35. The van der Waals surface area contributed by atoms with Crippen molar-refractivity contribution in [3.8, 4) is 11.3 Å². The van der Waals surface area contributed by atoms with Gasteiger partial charge in [-0.25, -0.2) is 9.50 Å². The number of aryl methyl sites for hydroxylation is 1. The molecule has 8 heteroatoms. The number of benzene rings is 1. The first kappa shape index (κ1) is 25.6. The van der Waals surface area contributed by atoms with Crippen LogP contribution in [0.1, 0.15) is 66.7 Å². The third-order valence-electron chi connectivity index (χ3n) is 7.12. The molecule has 0 N–H and O–H groups in total. The molecule has 0 spiro atoms. The van der Waals surface area contributed by atoms with Crippen molar-refractivity contribution >= 4 is 17.5 Å². The average molecular weight is 511 g/mol. The van der Waals surface area contributed by atoms with E-state index in [4.69, 9.17) is 10.1 Å². The Morgan fingerprint density at radius 1 is 0.947 bits per heavy atom. The van der Waals surface area contributed by atoms with Crippen molar-refractivity contribution in [2.75, 3.05) is 19.6 Å². The van der Waals surface area contributed by atoms with Crippen LogP contribution in [-0.4, -0.2) is 66.4 Å². The molecule has 0 bridgehead atoms. The van der Waals surface area contributed by atoms with Gasteiger partial charge in [0.25, 0.3) is 11.8 Å². The van der Waals surface area contributed by atoms with Crippen LogP contribution < -0.4 is 0 Å². The van der Waals surface area contributed by atoms with Gasteiger partial charge in [-0.05, 0) is 44.4 Å². The van der Waals surface area contributed by atoms with Gasteiger partial charge >= 0.3 is 0 Å². The Hall–Kier alpha value is -4.07. The number of rotatable bonds is 3. The van der Waals surface area contributed by atoms with Crippen LogP contribution in [0.15, 0.2) is 60.9 Å². The van der Waals surface area contributed by atoms with Gasteiger partial charge < -0.3 is 9.80 Å². The standard InChI is InChI=1S/C30H34N6O2/c1-20-10-12-21(13-11-20)24-17-22(29(2,3)4)26-32-25(18-36(26)33-24)28(38)35-16-15-34(19-30(35,5)6)27(37)23-9-7-8-14-31-23/h7-14,17-18H,15-16,19H2,1-6H3. The van der Waals surface area contributed by atoms with E-state index in [0.29, 0.717) is 36.7 Å². The van der Waals surface area contributed by atoms with Crippen molar-refractivity contribution in [1.82, 2.24) is 29.4 Å². The Kier molecular flexibility index (Phi) is 6.29. The average Bonchev–Trinajstić information content (AvgIpc) is 3.31. The molecule has 1 aliphatic rings. The van der Waals surface area contributed by atoms with Crippen molar-refractivity contribution in [2.45, 2.75) is 52.5 Å². The lowest BCUT2D eigenvalue weighted by Gasteiger charge is -2.46. The van der Waals surface area contributed by atoms with E-state index in [9.17, 15) is 9.59 Å². The third kappa shape index (κ3) is 4.78. The predicted octanol–water partition coefficient (Wildman–Crippen LogP) is 4.77. The predicted molar refractivity (Wildman–Crippen MR) is 147 cm³/mol. The lowest BCUT2D eigenvalue weighted by Crippen LogP contribution is -2.62. The molecule has 0 saturated carbocycles. The summed E-state index contributed by atoms with van der Waals surface area (Å²) >= 11 is 0. The van der Waals surface area contributed by atoms with Crippen molar-refractivity contribution in [3.05, 3.63) is 83.4 Å². The number of hydrogen-bond donors (Lipinski definition) is 0. The molecular weight excluding hydrogens is 476 g/mol. The summed E-state index contributed by atoms with van der Waals surface area (Å²) in [5.74, 6) is -0.289. The van der Waals surface area contributed by atoms with Crippen LogP contribution in [0.2, 0.25) is 0 Å². The zero-order valence-electron chi connectivity index (χ0n) is 22.9. The van der Waals surface area contributed by atoms with Crippen molar-refractivity contribution in [1.29, 1.82) is 0 Å². The fourth-order valence-corrected chi connectivity index (χ4v) is 4.99. The molecule has 1 aromatic carbocycles. The zero-order valence-corrected chi connectivity index (χ0v) is 22.9. The highest BCUT2D eigenvalue weighted by molar-refractivity contribution is 5.95. The summed E-state index contributed by atoms with van der Waals surface area (Å²) in [6, 6.07) is 15.7. The molecule has 0 unspecified atom stereocenters. The molecule has 0 aliphatic carbocycles. The minimum Gasteiger partial charge on any atom is -0.333 e. The summed E-state index contributed by atoms with van der Waals surface area (Å²) in [7, 11) is 0. The van der Waals surface area contributed by atoms with Gasteiger partial charge in [0.2, 0.25) is 0 Å². The second-order valence-electron chi connectivity index (χ2n) is 11.7. The number of piperazine rings is 1. The van der Waals surface area contributed by atoms with E-state index < -0.39 is 5.54 Å². The van der Waals surface area contributed by atoms with E-state index in [1.54, 1.807) is 40.0 Å². The van der Waals surface area contributed by atoms with Gasteiger partial charge in [0.05, 0.1) is 17.4 Å². The van der Waals surface area contributed by atoms with Crippen LogP contribution in [0.3, 0.4) is 0 Å². The number of carbonyl (C=O) groups is 2. The molecule has 1 saturated heterocycles. The third-order valence-corrected chi connectivity index (χ3v) is 7.12. The number of nitrogens with zero attached hydrogens (tertiary/aromatic N) is 6. The molecule has 5 rings (SSSR count). The molecular formula is C30H34N6O2. The molecule has 196 valence electrons. The van der Waals surface area contributed by atoms with Gasteiger partial charge in [-0.15, -0.1) is 0 Å². The van der Waals surface area contributed by atoms with Gasteiger partial charge in [0.15, 0.2) is 5.65 Å². The summed E-state index contributed by atoms with van der Waals surface area (Å²) in [5.41, 5.74) is 4.71. The monoisotopic (exact) mass is 510 g/mol. The van der Waals surface area contributed by atoms with Crippen molar-refractivity contribution < 1.29 is 9.59 Å². The molecule has 38 heavy (non-hydrogen) atoms. The number of pyridine rings is 1. The van der Waals surface area contributed by atoms with E-state index in [1.807, 2.05) is 18.7 Å². The highest BCUT2D eigenvalue weighted by Gasteiger charge is 2.40. The van der Waals surface area contributed by atoms with Crippen molar-refractivity contribution in [2.24, 2.45) is 0 Å². The van der Waals surface area contributed by atoms with E-state index in [1.165, 1.54) is 5.56 Å². The first-order valence-corrected chi connectivity index (χ1v) is 12.9. The first-order valence-electron chi connectivity index (χ1n) is 12.9. The summed E-state index contributed by atoms with van der Waals surface area (Å²) < 4.78 is 1.73. The molecule has 4 heterocycles. The molecule has 1 fully saturated rings. The van der Waals surface area contributed by atoms with Gasteiger partial charge in [-0.1, -0.05) is 56.7 Å². The van der Waals surface area contributed by atoms with Crippen LogP contribution in [-0.2, 0) is 5.41 Å². The maximum Gasteiger partial charge on any atom is 0.274 e. The molecule has 2 amide bonds. The molecule has 3 aromatic heterocycles. The normalized spacial score (nSPS) is 15.6. The number of aromatic nitrogens is 4. The molecule has 4 aromatic rings. The maximum atomic E-state index is 13.8. The Bertz CT molecular complexity index is 1500. The van der Waals surface area contributed by atoms with Crippen LogP contribution in [0.4, 0.5) is 0 Å². The van der Waals surface area contributed by atoms with E-state index in [2.05, 4.69) is 63.0 Å². The number of hydrogen-bond acceptors (Lipinski definition) is 5. The van der Waals surface area contributed by atoms with E-state index in [0.717, 1.165) is 16.8 Å². The second-order valence-corrected chi connectivity index (χ2v) is 11.7. The molecule has 0 radical (unpaired) electrons. The number of amides is 2. The highest BCUT2D eigenvalue weighted by atomic mass is 16.2. The quantitative estimate of drug-likeness (QED) is 0.396. The highest BCUT2D eigenvalue weighted by Crippen LogP contribution is 2.31. The van der Waals surface area contributed by atoms with Gasteiger partial charge in [-0.3, -0.25) is 14.6 Å². The Labute approximate surface area is 223 Å². The van der Waals surface area contributed by atoms with Gasteiger partial charge in [0.1, 0.15) is 11.4 Å². The van der Waals surface area contributed by atoms with Crippen LogP contribution in [0.25, 0.3) is 16.9 Å². The molecule has 0 atom stereocenters. The molecule has 8 nitrogen and oxygen atoms in total. The molecule has 1 aliphatic heterocycles. The van der Waals surface area contributed by atoms with E-state index in [-0.39, 0.29) is 17.2 Å². The fraction of sp³-hybridized carbons (Fsp3) is 0.367. The number of fused-ring (bicyclic) bond motifs is 1. The zero-order chi connectivity index (χ0) is 27.2. The minimum atomic E-state index is -0.580. The Morgan fingerprint density at radius 3 is 2.32 bits per heavy atom. The lowest BCUT2D eigenvalue weighted by molar-refractivity contribution is 0.0163. The fourth-order valence-electron chi connectivity index (χ4n) is 4.99. The summed E-state index contributed by atoms with van der Waals surface area (Å²) in [4.78, 5) is 39.3. The maximum absolute atomic E-state index is 13.8. The first-order chi connectivity index (χ1) is 17.9. The topological polar surface area (TPSA) is 83.7 Å². The van der Waals surface area contributed by atoms with Crippen LogP contribution >= 0.6 is 0 Å². The Balaban J connectivity index is 1.46. The minimum absolute atomic E-state index is 0.124. The van der Waals surface area contributed by atoms with E-state index >= 15 is 0 Å². The lowest BCUT2D eigenvalue weighted by atomic mass is 9.87. The van der Waals surface area contributed by atoms with Gasteiger partial charge in [0, 0.05) is 37.0 Å². The van der Waals surface area contributed by atoms with Gasteiger partial charge in [-0.2, -0.15) is 5.10 Å². The largest absolute Gasteiger partial charge is 0.333 e. The summed E-state index contributed by atoms with van der Waals surface area (Å²) in [6.45, 7) is 13.7. The second kappa shape index (κ2) is 9.35. The Morgan fingerprint density at radius 2 is 1.68 bits per heavy atom. The van der Waals surface area contributed by atoms with Crippen molar-refractivity contribution in [3.63, 3.8) is 0 Å². The van der Waals surface area contributed by atoms with Crippen LogP contribution in [0.5, 0.6) is 0 Å². The smallest absolute Gasteiger partial charge is 0.274 e. The number of carbonyl (C=O) groups excluding carboxylic acids is 2. The summed E-state index contributed by atoms with van der Waals surface area (Å²) in [5, 5.41) is 4.83.